The van der Waals surface area contributed by atoms with Crippen LogP contribution in [0.5, 0.6) is 5.75 Å². The number of hydrogen-bond donors (Lipinski definition) is 3. The van der Waals surface area contributed by atoms with Crippen LogP contribution in [0.2, 0.25) is 0 Å². The summed E-state index contributed by atoms with van der Waals surface area (Å²) in [6.45, 7) is 12.2. The molecule has 4 rings (SSSR count). The number of carboxylic acid groups (broad SMARTS) is 2. The molecule has 1 fully saturated rings. The second kappa shape index (κ2) is 10.8. The van der Waals surface area contributed by atoms with Gasteiger partial charge in [-0.15, -0.1) is 0 Å². The molecule has 1 saturated heterocycles. The van der Waals surface area contributed by atoms with Crippen LogP contribution in [0.15, 0.2) is 52.3 Å². The Bertz CT molecular complexity index is 1270. The maximum atomic E-state index is 12.0. The molecule has 0 amide bonds. The minimum absolute atomic E-state index is 0.0803. The first-order valence-corrected chi connectivity index (χ1v) is 13.6. The highest BCUT2D eigenvalue weighted by atomic mass is 32.2. The van der Waals surface area contributed by atoms with Gasteiger partial charge in [0, 0.05) is 27.5 Å². The summed E-state index contributed by atoms with van der Waals surface area (Å²) in [6.07, 6.45) is 1.70. The third-order valence-corrected chi connectivity index (χ3v) is 7.83. The van der Waals surface area contributed by atoms with E-state index >= 15 is 0 Å². The zero-order chi connectivity index (χ0) is 26.9. The van der Waals surface area contributed by atoms with Gasteiger partial charge in [0.15, 0.2) is 5.92 Å². The number of fused-ring (bicyclic) bond motifs is 1. The summed E-state index contributed by atoms with van der Waals surface area (Å²) < 4.78 is 6.17. The van der Waals surface area contributed by atoms with Gasteiger partial charge in [-0.1, -0.05) is 23.9 Å². The minimum Gasteiger partial charge on any atom is -0.487 e. The molecule has 2 heterocycles. The predicted octanol–water partition coefficient (Wildman–Crippen LogP) is 6.34. The van der Waals surface area contributed by atoms with Crippen molar-refractivity contribution in [3.63, 3.8) is 0 Å². The largest absolute Gasteiger partial charge is 0.487 e. The summed E-state index contributed by atoms with van der Waals surface area (Å²) in [5, 5.41) is 20.5. The van der Waals surface area contributed by atoms with Crippen molar-refractivity contribution in [2.75, 3.05) is 13.1 Å². The van der Waals surface area contributed by atoms with E-state index < -0.39 is 17.9 Å². The van der Waals surface area contributed by atoms with Gasteiger partial charge in [-0.2, -0.15) is 0 Å². The van der Waals surface area contributed by atoms with E-state index in [9.17, 15) is 19.8 Å². The average molecular weight is 525 g/mol. The van der Waals surface area contributed by atoms with Crippen LogP contribution in [-0.4, -0.2) is 56.8 Å². The number of H-pyrrole nitrogens is 1. The third kappa shape index (κ3) is 6.13. The molecule has 8 heteroatoms. The molecule has 1 aliphatic rings. The lowest BCUT2D eigenvalue weighted by atomic mass is 9.84. The first kappa shape index (κ1) is 27.1. The highest BCUT2D eigenvalue weighted by Crippen LogP contribution is 2.42. The number of ether oxygens (including phenoxy) is 1. The number of piperidine rings is 1. The lowest BCUT2D eigenvalue weighted by Gasteiger charge is -2.35. The quantitative estimate of drug-likeness (QED) is 0.296. The molecular weight excluding hydrogens is 488 g/mol. The molecule has 3 aromatic rings. The van der Waals surface area contributed by atoms with Gasteiger partial charge in [0.1, 0.15) is 11.4 Å². The fraction of sp³-hybridized carbons (Fsp3) is 0.448. The molecule has 0 atom stereocenters. The van der Waals surface area contributed by atoms with E-state index in [0.717, 1.165) is 57.9 Å². The van der Waals surface area contributed by atoms with Crippen LogP contribution in [0.25, 0.3) is 10.9 Å². The highest BCUT2D eigenvalue weighted by molar-refractivity contribution is 7.99. The number of carbonyl (C=O) groups is 2. The molecule has 0 saturated carbocycles. The van der Waals surface area contributed by atoms with Crippen LogP contribution in [0.4, 0.5) is 0 Å². The summed E-state index contributed by atoms with van der Waals surface area (Å²) >= 11 is 1.58. The zero-order valence-electron chi connectivity index (χ0n) is 22.1. The number of aliphatic carboxylic acids is 2. The number of nitrogens with one attached hydrogen (secondary N) is 1. The molecule has 0 aliphatic carbocycles. The van der Waals surface area contributed by atoms with Crippen LogP contribution in [0, 0.1) is 0 Å². The smallest absolute Gasteiger partial charge is 0.324 e. The number of hydrogen-bond acceptors (Lipinski definition) is 5. The minimum atomic E-state index is -1.64. The average Bonchev–Trinajstić information content (AvgIpc) is 3.17. The van der Waals surface area contributed by atoms with Crippen molar-refractivity contribution in [2.45, 2.75) is 80.7 Å². The molecule has 37 heavy (non-hydrogen) atoms. The number of nitrogens with zero attached hydrogens (tertiary/aromatic N) is 1. The molecule has 2 aromatic carbocycles. The number of para-hydroxylation sites is 1. The van der Waals surface area contributed by atoms with Crippen molar-refractivity contribution in [1.82, 2.24) is 9.88 Å². The number of carboxylic acids is 2. The molecule has 0 spiro atoms. The van der Waals surface area contributed by atoms with E-state index in [1.54, 1.807) is 11.8 Å². The van der Waals surface area contributed by atoms with E-state index in [4.69, 9.17) is 4.74 Å². The van der Waals surface area contributed by atoms with Gasteiger partial charge in [-0.25, -0.2) is 0 Å². The van der Waals surface area contributed by atoms with Crippen molar-refractivity contribution in [2.24, 2.45) is 0 Å². The molecule has 3 N–H and O–H groups in total. The molecule has 7 nitrogen and oxygen atoms in total. The van der Waals surface area contributed by atoms with Crippen LogP contribution >= 0.6 is 11.8 Å². The van der Waals surface area contributed by atoms with Crippen molar-refractivity contribution < 1.29 is 24.5 Å². The molecular formula is C29H36N2O5S. The monoisotopic (exact) mass is 524 g/mol. The summed E-state index contributed by atoms with van der Waals surface area (Å²) in [6, 6.07) is 14.3. The molecule has 0 bridgehead atoms. The molecule has 0 radical (unpaired) electrons. The van der Waals surface area contributed by atoms with E-state index in [-0.39, 0.29) is 17.2 Å². The maximum Gasteiger partial charge on any atom is 0.324 e. The van der Waals surface area contributed by atoms with E-state index in [1.807, 2.05) is 57.2 Å². The molecule has 198 valence electrons. The van der Waals surface area contributed by atoms with Crippen molar-refractivity contribution in [3.05, 3.63) is 53.7 Å². The Morgan fingerprint density at radius 1 is 1.05 bits per heavy atom. The Balaban J connectivity index is 1.77. The lowest BCUT2D eigenvalue weighted by molar-refractivity contribution is -0.150. The molecule has 0 unspecified atom stereocenters. The van der Waals surface area contributed by atoms with E-state index in [1.165, 1.54) is 0 Å². The SMILES string of the molecule is CC(C)N1CCC(c2c(C(C(=O)O)C(=O)O)[nH]c3ccc(Sc4ccccc4OC(C)(C)C)cc23)CC1. The summed E-state index contributed by atoms with van der Waals surface area (Å²) in [7, 11) is 0. The number of likely N-dealkylation sites (tertiary alicyclic amines) is 1. The third-order valence-electron chi connectivity index (χ3n) is 6.78. The lowest BCUT2D eigenvalue weighted by Crippen LogP contribution is -2.38. The standard InChI is InChI=1S/C29H36N2O5S/c1-17(2)31-14-12-18(13-15-31)24-20-16-19(37-23-9-7-6-8-22(23)36-29(3,4)5)10-11-21(20)30-26(24)25(27(32)33)28(34)35/h6-11,16-18,25,30H,12-15H2,1-5H3,(H,32,33)(H,34,35). The van der Waals surface area contributed by atoms with E-state index in [2.05, 4.69) is 29.8 Å². The van der Waals surface area contributed by atoms with Crippen molar-refractivity contribution >= 4 is 34.6 Å². The fourth-order valence-electron chi connectivity index (χ4n) is 5.08. The van der Waals surface area contributed by atoms with Gasteiger partial charge < -0.3 is 24.8 Å². The van der Waals surface area contributed by atoms with Gasteiger partial charge in [-0.05, 0) is 102 Å². The maximum absolute atomic E-state index is 12.0. The van der Waals surface area contributed by atoms with E-state index in [0.29, 0.717) is 6.04 Å². The topological polar surface area (TPSA) is 103 Å². The first-order valence-electron chi connectivity index (χ1n) is 12.8. The van der Waals surface area contributed by atoms with Gasteiger partial charge in [0.05, 0.1) is 4.90 Å². The highest BCUT2D eigenvalue weighted by Gasteiger charge is 2.36. The summed E-state index contributed by atoms with van der Waals surface area (Å²) in [4.78, 5) is 31.6. The second-order valence-corrected chi connectivity index (χ2v) is 12.1. The number of aromatic nitrogens is 1. The predicted molar refractivity (Wildman–Crippen MR) is 146 cm³/mol. The Morgan fingerprint density at radius 2 is 1.70 bits per heavy atom. The Kier molecular flexibility index (Phi) is 7.90. The second-order valence-electron chi connectivity index (χ2n) is 10.9. The van der Waals surface area contributed by atoms with Gasteiger partial charge in [0.2, 0.25) is 0 Å². The Morgan fingerprint density at radius 3 is 2.30 bits per heavy atom. The van der Waals surface area contributed by atoms with Gasteiger partial charge >= 0.3 is 11.9 Å². The molecule has 1 aliphatic heterocycles. The van der Waals surface area contributed by atoms with Gasteiger partial charge in [0.25, 0.3) is 0 Å². The Hall–Kier alpha value is -2.97. The summed E-state index contributed by atoms with van der Waals surface area (Å²) in [5.41, 5.74) is 1.54. The number of aromatic amines is 1. The normalized spacial score (nSPS) is 15.5. The van der Waals surface area contributed by atoms with Crippen LogP contribution < -0.4 is 4.74 Å². The van der Waals surface area contributed by atoms with Crippen LogP contribution in [-0.2, 0) is 9.59 Å². The molecule has 1 aromatic heterocycles. The van der Waals surface area contributed by atoms with Crippen LogP contribution in [0.3, 0.4) is 0 Å². The number of rotatable bonds is 8. The first-order chi connectivity index (χ1) is 17.4. The van der Waals surface area contributed by atoms with Crippen molar-refractivity contribution in [1.29, 1.82) is 0 Å². The summed E-state index contributed by atoms with van der Waals surface area (Å²) in [5.74, 6) is -3.47. The van der Waals surface area contributed by atoms with Gasteiger partial charge in [-0.3, -0.25) is 9.59 Å². The van der Waals surface area contributed by atoms with Crippen LogP contribution in [0.1, 0.15) is 70.6 Å². The number of benzene rings is 2. The zero-order valence-corrected chi connectivity index (χ0v) is 22.9. The van der Waals surface area contributed by atoms with Crippen molar-refractivity contribution in [3.8, 4) is 5.75 Å². The fourth-order valence-corrected chi connectivity index (χ4v) is 6.00. The Labute approximate surface area is 222 Å².